The van der Waals surface area contributed by atoms with Crippen LogP contribution in [0.5, 0.6) is 0 Å². The molecule has 3 rings (SSSR count). The van der Waals surface area contributed by atoms with Crippen molar-refractivity contribution in [3.63, 3.8) is 0 Å². The number of nitrogens with one attached hydrogen (secondary N) is 2. The Labute approximate surface area is 218 Å². The molecule has 38 heavy (non-hydrogen) atoms. The maximum absolute atomic E-state index is 13.0. The predicted octanol–water partition coefficient (Wildman–Crippen LogP) is 1.71. The summed E-state index contributed by atoms with van der Waals surface area (Å²) >= 11 is 0. The van der Waals surface area contributed by atoms with E-state index in [1.165, 1.54) is 24.7 Å². The maximum Gasteiger partial charge on any atom is 0.340 e. The highest BCUT2D eigenvalue weighted by molar-refractivity contribution is 8.01. The van der Waals surface area contributed by atoms with Crippen molar-refractivity contribution >= 4 is 44.5 Å². The van der Waals surface area contributed by atoms with Gasteiger partial charge in [-0.3, -0.25) is 24.1 Å². The van der Waals surface area contributed by atoms with Gasteiger partial charge in [-0.15, -0.1) is 0 Å². The number of hydrogen-bond acceptors (Lipinski definition) is 9. The fourth-order valence-electron chi connectivity index (χ4n) is 3.01. The molecule has 0 spiro atoms. The number of benzene rings is 1. The summed E-state index contributed by atoms with van der Waals surface area (Å²) in [4.78, 5) is 52.4. The second-order valence-corrected chi connectivity index (χ2v) is 9.88. The van der Waals surface area contributed by atoms with Gasteiger partial charge < -0.3 is 19.2 Å². The third kappa shape index (κ3) is 7.55. The normalized spacial score (nSPS) is 11.7. The van der Waals surface area contributed by atoms with Gasteiger partial charge in [0.15, 0.2) is 5.76 Å². The predicted molar refractivity (Wildman–Crippen MR) is 139 cm³/mol. The molecule has 2 N–H and O–H groups in total. The second kappa shape index (κ2) is 12.4. The first-order valence-corrected chi connectivity index (χ1v) is 12.7. The molecule has 1 atom stereocenters. The van der Waals surface area contributed by atoms with E-state index < -0.39 is 39.2 Å². The molecule has 2 aromatic heterocycles. The highest BCUT2D eigenvalue weighted by atomic mass is 32.2. The lowest BCUT2D eigenvalue weighted by atomic mass is 10.1. The molecule has 0 radical (unpaired) electrons. The van der Waals surface area contributed by atoms with E-state index in [9.17, 15) is 23.4 Å². The number of rotatable bonds is 7. The van der Waals surface area contributed by atoms with Crippen LogP contribution >= 0.6 is 0 Å². The van der Waals surface area contributed by atoms with Gasteiger partial charge in [-0.05, 0) is 37.3 Å². The molecule has 196 valence electrons. The van der Waals surface area contributed by atoms with Crippen molar-refractivity contribution in [3.05, 3.63) is 83.1 Å². The van der Waals surface area contributed by atoms with Crippen LogP contribution in [0.1, 0.15) is 37.6 Å². The second-order valence-electron chi connectivity index (χ2n) is 7.70. The molecule has 0 bridgehead atoms. The van der Waals surface area contributed by atoms with Gasteiger partial charge in [0.25, 0.3) is 11.8 Å². The molecule has 0 saturated heterocycles. The number of carbonyl (C=O) groups is 4. The summed E-state index contributed by atoms with van der Waals surface area (Å²) in [6.45, 7) is 1.76. The lowest BCUT2D eigenvalue weighted by Gasteiger charge is -2.12. The SMILES string of the molecule is COC(=O)C=S(=O)(CC(=O)OC)NC(=O)c1cncc(C#Cc2cccc(NC(=O)c3occc3C)c2)c1. The van der Waals surface area contributed by atoms with Crippen molar-refractivity contribution in [2.75, 3.05) is 25.3 Å². The molecule has 0 saturated carbocycles. The van der Waals surface area contributed by atoms with Crippen LogP contribution in [-0.2, 0) is 28.8 Å². The van der Waals surface area contributed by atoms with Crippen molar-refractivity contribution in [3.8, 4) is 11.8 Å². The number of carbonyl (C=O) groups excluding carboxylic acids is 4. The number of furan rings is 1. The highest BCUT2D eigenvalue weighted by Crippen LogP contribution is 2.15. The number of ether oxygens (including phenoxy) is 2. The molecule has 1 aromatic carbocycles. The van der Waals surface area contributed by atoms with Crippen molar-refractivity contribution in [1.82, 2.24) is 9.71 Å². The molecule has 3 aromatic rings. The van der Waals surface area contributed by atoms with E-state index in [1.807, 2.05) is 0 Å². The number of aromatic nitrogens is 1. The Balaban J connectivity index is 1.78. The fraction of sp³-hybridized carbons (Fsp3) is 0.154. The van der Waals surface area contributed by atoms with Gasteiger partial charge in [0.05, 0.1) is 41.1 Å². The summed E-state index contributed by atoms with van der Waals surface area (Å²) in [6, 6.07) is 9.90. The van der Waals surface area contributed by atoms with Crippen LogP contribution in [0.25, 0.3) is 0 Å². The van der Waals surface area contributed by atoms with E-state index in [0.29, 0.717) is 27.7 Å². The van der Waals surface area contributed by atoms with E-state index in [2.05, 4.69) is 36.3 Å². The van der Waals surface area contributed by atoms with Gasteiger partial charge in [0.1, 0.15) is 5.75 Å². The average Bonchev–Trinajstić information content (AvgIpc) is 3.33. The Bertz CT molecular complexity index is 1570. The third-order valence-electron chi connectivity index (χ3n) is 4.85. The summed E-state index contributed by atoms with van der Waals surface area (Å²) < 4.78 is 29.4. The van der Waals surface area contributed by atoms with Crippen LogP contribution in [0.3, 0.4) is 0 Å². The molecule has 1 unspecified atom stereocenters. The maximum atomic E-state index is 13.0. The molecule has 11 nitrogen and oxygen atoms in total. The average molecular weight is 538 g/mol. The molecule has 0 aliphatic carbocycles. The standard InChI is InChI=1S/C26H23N3O8S/c1-17-9-10-37-24(17)26(33)28-21-6-4-5-18(12-21)7-8-19-11-20(14-27-13-19)25(32)29-38(34,15-22(30)35-2)16-23(31)36-3/h4-6,9-15H,16H2,1-3H3,(H,28,33)(H,29,32,34). The lowest BCUT2D eigenvalue weighted by Crippen LogP contribution is -2.38. The molecule has 2 heterocycles. The Morgan fingerprint density at radius 1 is 1.03 bits per heavy atom. The minimum atomic E-state index is -3.64. The van der Waals surface area contributed by atoms with Crippen LogP contribution in [0.15, 0.2) is 59.5 Å². The van der Waals surface area contributed by atoms with Gasteiger partial charge in [0, 0.05) is 34.8 Å². The first kappa shape index (κ1) is 27.7. The quantitative estimate of drug-likeness (QED) is 0.260. The van der Waals surface area contributed by atoms with Gasteiger partial charge in [-0.1, -0.05) is 17.9 Å². The number of amides is 2. The van der Waals surface area contributed by atoms with E-state index in [4.69, 9.17) is 4.42 Å². The van der Waals surface area contributed by atoms with Crippen molar-refractivity contribution in [2.24, 2.45) is 0 Å². The first-order valence-electron chi connectivity index (χ1n) is 10.9. The van der Waals surface area contributed by atoms with E-state index in [0.717, 1.165) is 14.2 Å². The van der Waals surface area contributed by atoms with Gasteiger partial charge in [0.2, 0.25) is 0 Å². The van der Waals surface area contributed by atoms with Gasteiger partial charge in [-0.25, -0.2) is 9.00 Å². The Kier molecular flexibility index (Phi) is 9.02. The number of esters is 2. The van der Waals surface area contributed by atoms with Crippen molar-refractivity contribution < 1.29 is 37.3 Å². The van der Waals surface area contributed by atoms with Crippen LogP contribution in [0.2, 0.25) is 0 Å². The Morgan fingerprint density at radius 3 is 2.47 bits per heavy atom. The largest absolute Gasteiger partial charge is 0.468 e. The van der Waals surface area contributed by atoms with Gasteiger partial charge >= 0.3 is 11.9 Å². The summed E-state index contributed by atoms with van der Waals surface area (Å²) in [5.74, 6) is 2.10. The van der Waals surface area contributed by atoms with Crippen LogP contribution in [-0.4, -0.2) is 58.3 Å². The third-order valence-corrected chi connectivity index (χ3v) is 6.62. The zero-order valence-corrected chi connectivity index (χ0v) is 21.4. The summed E-state index contributed by atoms with van der Waals surface area (Å²) in [6.07, 6.45) is 4.06. The zero-order valence-electron chi connectivity index (χ0n) is 20.6. The lowest BCUT2D eigenvalue weighted by molar-refractivity contribution is -0.137. The molecule has 0 aliphatic heterocycles. The van der Waals surface area contributed by atoms with Crippen molar-refractivity contribution in [2.45, 2.75) is 6.92 Å². The van der Waals surface area contributed by atoms with Crippen LogP contribution in [0, 0.1) is 18.8 Å². The number of aryl methyl sites for hydroxylation is 1. The van der Waals surface area contributed by atoms with E-state index in [-0.39, 0.29) is 11.3 Å². The number of pyridine rings is 1. The molecule has 0 fully saturated rings. The first-order chi connectivity index (χ1) is 18.1. The molecule has 12 heteroatoms. The number of anilines is 1. The van der Waals surface area contributed by atoms with Crippen LogP contribution in [0.4, 0.5) is 5.69 Å². The number of hydrogen-bond donors (Lipinski definition) is 2. The summed E-state index contributed by atoms with van der Waals surface area (Å²) in [7, 11) is -1.49. The zero-order chi connectivity index (χ0) is 27.7. The van der Waals surface area contributed by atoms with Crippen LogP contribution < -0.4 is 10.0 Å². The molecule has 2 amide bonds. The Hall–Kier alpha value is -4.89. The van der Waals surface area contributed by atoms with Crippen molar-refractivity contribution in [1.29, 1.82) is 0 Å². The number of nitrogens with zero attached hydrogens (tertiary/aromatic N) is 1. The van der Waals surface area contributed by atoms with E-state index in [1.54, 1.807) is 37.3 Å². The van der Waals surface area contributed by atoms with E-state index >= 15 is 0 Å². The molecular formula is C26H23N3O8S. The minimum absolute atomic E-state index is 0.0116. The fourth-order valence-corrected chi connectivity index (χ4v) is 4.53. The summed E-state index contributed by atoms with van der Waals surface area (Å²) in [5, 5.41) is 3.37. The highest BCUT2D eigenvalue weighted by Gasteiger charge is 2.20. The molecule has 0 aliphatic rings. The number of methoxy groups -OCH3 is 2. The monoisotopic (exact) mass is 537 g/mol. The minimum Gasteiger partial charge on any atom is -0.468 e. The summed E-state index contributed by atoms with van der Waals surface area (Å²) in [5.41, 5.74) is 2.13. The Morgan fingerprint density at radius 2 is 1.79 bits per heavy atom. The molecular weight excluding hydrogens is 514 g/mol. The smallest absolute Gasteiger partial charge is 0.340 e. The topological polar surface area (TPSA) is 154 Å². The van der Waals surface area contributed by atoms with Gasteiger partial charge in [-0.2, -0.15) is 0 Å².